The van der Waals surface area contributed by atoms with Crippen molar-refractivity contribution in [3.05, 3.63) is 0 Å². The van der Waals surface area contributed by atoms with Gasteiger partial charge in [0, 0.05) is 13.3 Å². The second-order valence-electron chi connectivity index (χ2n) is 3.10. The number of hydrogen-bond acceptors (Lipinski definition) is 5. The summed E-state index contributed by atoms with van der Waals surface area (Å²) in [6.45, 7) is 2.89. The molecule has 0 aromatic heterocycles. The van der Waals surface area contributed by atoms with Gasteiger partial charge in [-0.05, 0) is 6.92 Å². The van der Waals surface area contributed by atoms with Crippen molar-refractivity contribution in [3.63, 3.8) is 0 Å². The van der Waals surface area contributed by atoms with E-state index in [1.807, 2.05) is 0 Å². The highest BCUT2D eigenvalue weighted by atomic mass is 32.2. The van der Waals surface area contributed by atoms with Crippen molar-refractivity contribution < 1.29 is 22.1 Å². The zero-order chi connectivity index (χ0) is 10.1. The summed E-state index contributed by atoms with van der Waals surface area (Å²) >= 11 is 0. The van der Waals surface area contributed by atoms with Crippen molar-refractivity contribution in [1.82, 2.24) is 0 Å². The fourth-order valence-electron chi connectivity index (χ4n) is 1.31. The Bertz CT molecular complexity index is 294. The smallest absolute Gasteiger partial charge is 0.302 e. The SMILES string of the molecule is CC(=O)OC1CC(C)OS(=O)(=O)C1. The molecule has 13 heavy (non-hydrogen) atoms. The molecule has 1 aliphatic heterocycles. The van der Waals surface area contributed by atoms with Crippen LogP contribution in [0.5, 0.6) is 0 Å². The lowest BCUT2D eigenvalue weighted by molar-refractivity contribution is -0.146. The van der Waals surface area contributed by atoms with Crippen LogP contribution in [0.1, 0.15) is 20.3 Å². The van der Waals surface area contributed by atoms with Gasteiger partial charge in [-0.15, -0.1) is 0 Å². The van der Waals surface area contributed by atoms with Crippen LogP contribution in [-0.2, 0) is 23.8 Å². The number of esters is 1. The van der Waals surface area contributed by atoms with E-state index in [-0.39, 0.29) is 5.75 Å². The molecule has 5 nitrogen and oxygen atoms in total. The van der Waals surface area contributed by atoms with Crippen LogP contribution in [0.2, 0.25) is 0 Å². The minimum Gasteiger partial charge on any atom is -0.461 e. The van der Waals surface area contributed by atoms with E-state index in [2.05, 4.69) is 4.18 Å². The normalized spacial score (nSPS) is 32.5. The van der Waals surface area contributed by atoms with Crippen LogP contribution >= 0.6 is 0 Å². The van der Waals surface area contributed by atoms with Gasteiger partial charge in [0.2, 0.25) is 0 Å². The second kappa shape index (κ2) is 3.63. The predicted octanol–water partition coefficient (Wildman–Crippen LogP) is 0.0567. The molecule has 0 aliphatic carbocycles. The lowest BCUT2D eigenvalue weighted by atomic mass is 10.2. The molecule has 0 amide bonds. The molecule has 2 atom stereocenters. The summed E-state index contributed by atoms with van der Waals surface area (Å²) in [5.41, 5.74) is 0. The second-order valence-corrected chi connectivity index (χ2v) is 4.74. The van der Waals surface area contributed by atoms with Gasteiger partial charge in [0.05, 0.1) is 6.10 Å². The first kappa shape index (κ1) is 10.5. The lowest BCUT2D eigenvalue weighted by Gasteiger charge is -2.25. The zero-order valence-electron chi connectivity index (χ0n) is 7.52. The summed E-state index contributed by atoms with van der Waals surface area (Å²) in [6, 6.07) is 0. The molecule has 1 heterocycles. The summed E-state index contributed by atoms with van der Waals surface area (Å²) in [7, 11) is -3.50. The largest absolute Gasteiger partial charge is 0.461 e. The van der Waals surface area contributed by atoms with E-state index in [0.717, 1.165) is 0 Å². The standard InChI is InChI=1S/C7H12O5S/c1-5-3-7(11-6(2)8)4-13(9,10)12-5/h5,7H,3-4H2,1-2H3. The fraction of sp³-hybridized carbons (Fsp3) is 0.857. The predicted molar refractivity (Wildman–Crippen MR) is 44.5 cm³/mol. The van der Waals surface area contributed by atoms with Crippen molar-refractivity contribution >= 4 is 16.1 Å². The summed E-state index contributed by atoms with van der Waals surface area (Å²) in [5, 5.41) is 0. The maximum Gasteiger partial charge on any atom is 0.302 e. The van der Waals surface area contributed by atoms with E-state index >= 15 is 0 Å². The summed E-state index contributed by atoms with van der Waals surface area (Å²) < 4.78 is 31.5. The van der Waals surface area contributed by atoms with Gasteiger partial charge >= 0.3 is 5.97 Å². The Hall–Kier alpha value is -0.620. The molecule has 0 aromatic rings. The maximum atomic E-state index is 11.0. The first-order valence-corrected chi connectivity index (χ1v) is 5.55. The summed E-state index contributed by atoms with van der Waals surface area (Å²) in [4.78, 5) is 10.6. The quantitative estimate of drug-likeness (QED) is 0.450. The molecular formula is C7H12O5S. The zero-order valence-corrected chi connectivity index (χ0v) is 8.33. The molecule has 0 N–H and O–H groups in total. The Labute approximate surface area is 77.1 Å². The Kier molecular flexibility index (Phi) is 2.92. The molecule has 0 bridgehead atoms. The topological polar surface area (TPSA) is 69.7 Å². The number of hydrogen-bond donors (Lipinski definition) is 0. The molecule has 76 valence electrons. The molecule has 0 saturated carbocycles. The summed E-state index contributed by atoms with van der Waals surface area (Å²) in [5.74, 6) is -0.703. The lowest BCUT2D eigenvalue weighted by Crippen LogP contribution is -2.37. The van der Waals surface area contributed by atoms with Crippen molar-refractivity contribution in [2.24, 2.45) is 0 Å². The van der Waals surface area contributed by atoms with E-state index in [1.54, 1.807) is 6.92 Å². The molecule has 1 fully saturated rings. The third-order valence-electron chi connectivity index (χ3n) is 1.63. The highest BCUT2D eigenvalue weighted by molar-refractivity contribution is 7.86. The molecular weight excluding hydrogens is 196 g/mol. The van der Waals surface area contributed by atoms with Crippen LogP contribution in [0.4, 0.5) is 0 Å². The minimum atomic E-state index is -3.50. The molecule has 0 radical (unpaired) electrons. The minimum absolute atomic E-state index is 0.239. The van der Waals surface area contributed by atoms with Gasteiger partial charge in [-0.2, -0.15) is 8.42 Å². The third-order valence-corrected chi connectivity index (χ3v) is 3.03. The Morgan fingerprint density at radius 1 is 1.54 bits per heavy atom. The number of ether oxygens (including phenoxy) is 1. The van der Waals surface area contributed by atoms with E-state index in [1.165, 1.54) is 6.92 Å². The van der Waals surface area contributed by atoms with E-state index in [4.69, 9.17) is 4.74 Å². The average Bonchev–Trinajstić information content (AvgIpc) is 1.78. The van der Waals surface area contributed by atoms with Gasteiger partial charge in [-0.1, -0.05) is 0 Å². The van der Waals surface area contributed by atoms with Gasteiger partial charge in [-0.3, -0.25) is 8.98 Å². The van der Waals surface area contributed by atoms with Crippen molar-refractivity contribution in [2.45, 2.75) is 32.5 Å². The molecule has 0 spiro atoms. The Morgan fingerprint density at radius 2 is 2.15 bits per heavy atom. The van der Waals surface area contributed by atoms with E-state index < -0.39 is 28.3 Å². The van der Waals surface area contributed by atoms with Crippen LogP contribution in [0.15, 0.2) is 0 Å². The molecule has 6 heteroatoms. The summed E-state index contributed by atoms with van der Waals surface area (Å²) in [6.07, 6.45) is -0.548. The molecule has 1 aliphatic rings. The highest BCUT2D eigenvalue weighted by Gasteiger charge is 2.32. The maximum absolute atomic E-state index is 11.0. The Balaban J connectivity index is 2.63. The highest BCUT2D eigenvalue weighted by Crippen LogP contribution is 2.18. The van der Waals surface area contributed by atoms with Crippen LogP contribution in [0.25, 0.3) is 0 Å². The fourth-order valence-corrected chi connectivity index (χ4v) is 2.63. The van der Waals surface area contributed by atoms with E-state index in [0.29, 0.717) is 6.42 Å². The molecule has 1 saturated heterocycles. The first-order valence-electron chi connectivity index (χ1n) is 3.97. The monoisotopic (exact) mass is 208 g/mol. The number of carbonyl (C=O) groups is 1. The van der Waals surface area contributed by atoms with Crippen molar-refractivity contribution in [1.29, 1.82) is 0 Å². The number of rotatable bonds is 1. The van der Waals surface area contributed by atoms with Crippen molar-refractivity contribution in [2.75, 3.05) is 5.75 Å². The number of carbonyl (C=O) groups excluding carboxylic acids is 1. The van der Waals surface area contributed by atoms with E-state index in [9.17, 15) is 13.2 Å². The van der Waals surface area contributed by atoms with Crippen LogP contribution < -0.4 is 0 Å². The van der Waals surface area contributed by atoms with Crippen LogP contribution in [-0.4, -0.2) is 32.3 Å². The van der Waals surface area contributed by atoms with Gasteiger partial charge in [0.1, 0.15) is 11.9 Å². The van der Waals surface area contributed by atoms with Crippen molar-refractivity contribution in [3.8, 4) is 0 Å². The van der Waals surface area contributed by atoms with Gasteiger partial charge in [0.15, 0.2) is 0 Å². The Morgan fingerprint density at radius 3 is 2.62 bits per heavy atom. The third kappa shape index (κ3) is 3.31. The molecule has 2 unspecified atom stereocenters. The van der Waals surface area contributed by atoms with Gasteiger partial charge in [-0.25, -0.2) is 0 Å². The average molecular weight is 208 g/mol. The van der Waals surface area contributed by atoms with Gasteiger partial charge < -0.3 is 4.74 Å². The van der Waals surface area contributed by atoms with Crippen LogP contribution in [0.3, 0.4) is 0 Å². The first-order chi connectivity index (χ1) is 5.89. The van der Waals surface area contributed by atoms with Gasteiger partial charge in [0.25, 0.3) is 10.1 Å². The van der Waals surface area contributed by atoms with Crippen LogP contribution in [0, 0.1) is 0 Å². The molecule has 0 aromatic carbocycles. The molecule has 1 rings (SSSR count).